The van der Waals surface area contributed by atoms with Gasteiger partial charge in [-0.05, 0) is 6.07 Å². The average Bonchev–Trinajstić information content (AvgIpc) is 2.57. The Balaban J connectivity index is 2.15. The maximum absolute atomic E-state index is 14.2. The zero-order valence-corrected chi connectivity index (χ0v) is 17.2. The molecule has 1 aromatic carbocycles. The van der Waals surface area contributed by atoms with E-state index in [1.54, 1.807) is 4.72 Å². The number of carbonyl (C=O) groups excluding carboxylic acids is 1. The van der Waals surface area contributed by atoms with Crippen LogP contribution in [0.1, 0.15) is 16.8 Å². The van der Waals surface area contributed by atoms with Gasteiger partial charge in [0.25, 0.3) is 5.91 Å². The predicted octanol–water partition coefficient (Wildman–Crippen LogP) is 4.34. The Morgan fingerprint density at radius 1 is 1.20 bits per heavy atom. The Kier molecular flexibility index (Phi) is 7.37. The number of amides is 1. The Morgan fingerprint density at radius 3 is 2.43 bits per heavy atom. The number of aromatic nitrogens is 1. The summed E-state index contributed by atoms with van der Waals surface area (Å²) < 4.78 is 84.6. The lowest BCUT2D eigenvalue weighted by molar-refractivity contribution is -0.139. The molecule has 0 bridgehead atoms. The van der Waals surface area contributed by atoms with Crippen LogP contribution < -0.4 is 14.2 Å². The van der Waals surface area contributed by atoms with Gasteiger partial charge in [0.15, 0.2) is 0 Å². The summed E-state index contributed by atoms with van der Waals surface area (Å²) >= 11 is 11.8. The lowest BCUT2D eigenvalue weighted by Gasteiger charge is -2.12. The van der Waals surface area contributed by atoms with Gasteiger partial charge in [-0.1, -0.05) is 23.2 Å². The first kappa shape index (κ1) is 24.0. The molecule has 0 aliphatic rings. The van der Waals surface area contributed by atoms with E-state index in [1.165, 1.54) is 0 Å². The van der Waals surface area contributed by atoms with E-state index in [2.05, 4.69) is 4.98 Å². The van der Waals surface area contributed by atoms with Gasteiger partial charge in [-0.2, -0.15) is 13.2 Å². The van der Waals surface area contributed by atoms with E-state index in [4.69, 9.17) is 32.7 Å². The summed E-state index contributed by atoms with van der Waals surface area (Å²) in [6, 6.07) is 2.74. The number of halogens is 6. The summed E-state index contributed by atoms with van der Waals surface area (Å²) in [5.74, 6) is -2.93. The molecule has 14 heteroatoms. The largest absolute Gasteiger partial charge is 0.476 e. The standard InChI is InChI=1S/C16H12Cl2F4N2O5S/c1-30(26,27)24-14(25)9-5-10(17)13(6-12(9)19)29-8-4-11(18)15(23-7-8)28-3-2-16(20,21)22/h4-7H,2-3H2,1H3,(H,24,25). The highest BCUT2D eigenvalue weighted by Gasteiger charge is 2.27. The molecule has 0 fully saturated rings. The Hall–Kier alpha value is -2.31. The number of carbonyl (C=O) groups is 1. The van der Waals surface area contributed by atoms with E-state index in [0.29, 0.717) is 0 Å². The number of nitrogens with zero attached hydrogens (tertiary/aromatic N) is 1. The molecule has 0 aliphatic heterocycles. The van der Waals surface area contributed by atoms with Crippen molar-refractivity contribution in [1.29, 1.82) is 0 Å². The van der Waals surface area contributed by atoms with Crippen molar-refractivity contribution in [3.8, 4) is 17.4 Å². The van der Waals surface area contributed by atoms with Crippen LogP contribution in [0.5, 0.6) is 17.4 Å². The predicted molar refractivity (Wildman–Crippen MR) is 99.2 cm³/mol. The van der Waals surface area contributed by atoms with Crippen LogP contribution in [0.25, 0.3) is 0 Å². The quantitative estimate of drug-likeness (QED) is 0.580. The smallest absolute Gasteiger partial charge is 0.392 e. The fourth-order valence-corrected chi connectivity index (χ4v) is 2.82. The van der Waals surface area contributed by atoms with Crippen molar-refractivity contribution in [3.05, 3.63) is 45.8 Å². The SMILES string of the molecule is CS(=O)(=O)NC(=O)c1cc(Cl)c(Oc2cnc(OCCC(F)(F)F)c(Cl)c2)cc1F. The Bertz CT molecular complexity index is 1060. The number of sulfonamides is 1. The van der Waals surface area contributed by atoms with Gasteiger partial charge < -0.3 is 9.47 Å². The highest BCUT2D eigenvalue weighted by atomic mass is 35.5. The maximum Gasteiger partial charge on any atom is 0.392 e. The number of pyridine rings is 1. The molecule has 0 saturated carbocycles. The van der Waals surface area contributed by atoms with Crippen molar-refractivity contribution in [1.82, 2.24) is 9.71 Å². The molecule has 0 atom stereocenters. The van der Waals surface area contributed by atoms with Gasteiger partial charge in [0.05, 0.1) is 36.1 Å². The van der Waals surface area contributed by atoms with E-state index in [0.717, 1.165) is 30.7 Å². The molecule has 0 unspecified atom stereocenters. The van der Waals surface area contributed by atoms with Gasteiger partial charge in [0, 0.05) is 12.1 Å². The summed E-state index contributed by atoms with van der Waals surface area (Å²) in [4.78, 5) is 15.5. The van der Waals surface area contributed by atoms with Crippen LogP contribution in [0.4, 0.5) is 17.6 Å². The van der Waals surface area contributed by atoms with Crippen LogP contribution in [0, 0.1) is 5.82 Å². The number of rotatable bonds is 7. The first-order chi connectivity index (χ1) is 13.7. The van der Waals surface area contributed by atoms with Gasteiger partial charge in [-0.3, -0.25) is 4.79 Å². The highest BCUT2D eigenvalue weighted by Crippen LogP contribution is 2.34. The molecule has 0 saturated heterocycles. The lowest BCUT2D eigenvalue weighted by atomic mass is 10.2. The topological polar surface area (TPSA) is 94.6 Å². The van der Waals surface area contributed by atoms with Gasteiger partial charge in [0.1, 0.15) is 22.3 Å². The zero-order chi connectivity index (χ0) is 22.7. The average molecular weight is 491 g/mol. The van der Waals surface area contributed by atoms with Crippen molar-refractivity contribution >= 4 is 39.1 Å². The Labute approximate surface area is 178 Å². The molecule has 1 N–H and O–H groups in total. The maximum atomic E-state index is 14.2. The molecule has 1 amide bonds. The minimum atomic E-state index is -4.40. The number of hydrogen-bond donors (Lipinski definition) is 1. The molecular weight excluding hydrogens is 479 g/mol. The van der Waals surface area contributed by atoms with Crippen LogP contribution in [0.3, 0.4) is 0 Å². The van der Waals surface area contributed by atoms with Crippen LogP contribution in [0.15, 0.2) is 24.4 Å². The highest BCUT2D eigenvalue weighted by molar-refractivity contribution is 7.89. The molecule has 2 aromatic rings. The third-order valence-electron chi connectivity index (χ3n) is 3.18. The van der Waals surface area contributed by atoms with Crippen molar-refractivity contribution in [2.75, 3.05) is 12.9 Å². The van der Waals surface area contributed by atoms with Crippen molar-refractivity contribution < 1.29 is 40.2 Å². The van der Waals surface area contributed by atoms with E-state index in [9.17, 15) is 30.8 Å². The number of benzene rings is 1. The minimum absolute atomic E-state index is 0.0576. The Morgan fingerprint density at radius 2 is 1.87 bits per heavy atom. The number of hydrogen-bond acceptors (Lipinski definition) is 6. The van der Waals surface area contributed by atoms with Crippen LogP contribution in [0.2, 0.25) is 10.0 Å². The summed E-state index contributed by atoms with van der Waals surface area (Å²) in [5.41, 5.74) is -0.637. The zero-order valence-electron chi connectivity index (χ0n) is 14.9. The third-order valence-corrected chi connectivity index (χ3v) is 4.30. The second-order valence-corrected chi connectivity index (χ2v) is 8.30. The fraction of sp³-hybridized carbons (Fsp3) is 0.250. The van der Waals surface area contributed by atoms with E-state index < -0.39 is 46.5 Å². The first-order valence-electron chi connectivity index (χ1n) is 7.79. The van der Waals surface area contributed by atoms with Crippen molar-refractivity contribution in [2.45, 2.75) is 12.6 Å². The van der Waals surface area contributed by atoms with Crippen LogP contribution in [-0.2, 0) is 10.0 Å². The third kappa shape index (κ3) is 7.18. The van der Waals surface area contributed by atoms with Crippen LogP contribution >= 0.6 is 23.2 Å². The van der Waals surface area contributed by atoms with E-state index >= 15 is 0 Å². The van der Waals surface area contributed by atoms with Gasteiger partial charge in [-0.15, -0.1) is 0 Å². The molecule has 0 spiro atoms. The molecule has 0 radical (unpaired) electrons. The van der Waals surface area contributed by atoms with E-state index in [1.807, 2.05) is 0 Å². The summed E-state index contributed by atoms with van der Waals surface area (Å²) in [7, 11) is -3.92. The summed E-state index contributed by atoms with van der Waals surface area (Å²) in [6.07, 6.45) is -3.83. The van der Waals surface area contributed by atoms with Gasteiger partial charge in [0.2, 0.25) is 15.9 Å². The number of alkyl halides is 3. The summed E-state index contributed by atoms with van der Waals surface area (Å²) in [5, 5.41) is -0.410. The molecule has 7 nitrogen and oxygen atoms in total. The first-order valence-corrected chi connectivity index (χ1v) is 10.4. The normalized spacial score (nSPS) is 11.8. The second-order valence-electron chi connectivity index (χ2n) is 5.74. The molecule has 164 valence electrons. The van der Waals surface area contributed by atoms with Crippen molar-refractivity contribution in [3.63, 3.8) is 0 Å². The van der Waals surface area contributed by atoms with Gasteiger partial charge in [-0.25, -0.2) is 22.5 Å². The molecule has 1 heterocycles. The van der Waals surface area contributed by atoms with Gasteiger partial charge >= 0.3 is 6.18 Å². The molecule has 0 aliphatic carbocycles. The minimum Gasteiger partial charge on any atom is -0.476 e. The molecule has 30 heavy (non-hydrogen) atoms. The van der Waals surface area contributed by atoms with E-state index in [-0.39, 0.29) is 27.4 Å². The fourth-order valence-electron chi connectivity index (χ4n) is 1.96. The molecule has 2 rings (SSSR count). The molecule has 1 aromatic heterocycles. The second kappa shape index (κ2) is 9.23. The summed E-state index contributed by atoms with van der Waals surface area (Å²) in [6.45, 7) is -0.690. The van der Waals surface area contributed by atoms with Crippen molar-refractivity contribution in [2.24, 2.45) is 0 Å². The monoisotopic (exact) mass is 490 g/mol. The number of ether oxygens (including phenoxy) is 2. The molecular formula is C16H12Cl2F4N2O5S. The number of nitrogens with one attached hydrogen (secondary N) is 1. The van der Waals surface area contributed by atoms with Crippen LogP contribution in [-0.4, -0.2) is 38.3 Å². The lowest BCUT2D eigenvalue weighted by Crippen LogP contribution is -2.30.